The molecule has 0 saturated carbocycles. The molecular weight excluding hydrogens is 334 g/mol. The van der Waals surface area contributed by atoms with Crippen LogP contribution in [-0.4, -0.2) is 20.8 Å². The molecule has 3 aromatic rings. The lowest BCUT2D eigenvalue weighted by Crippen LogP contribution is -2.19. The molecule has 0 bridgehead atoms. The number of carbonyl (C=O) groups excluding carboxylic acids is 1. The van der Waals surface area contributed by atoms with E-state index in [2.05, 4.69) is 27.8 Å². The van der Waals surface area contributed by atoms with Crippen LogP contribution in [0.25, 0.3) is 0 Å². The third-order valence-electron chi connectivity index (χ3n) is 3.60. The molecule has 6 nitrogen and oxygen atoms in total. The summed E-state index contributed by atoms with van der Waals surface area (Å²) in [6.07, 6.45) is 1.68. The predicted octanol–water partition coefficient (Wildman–Crippen LogP) is 4.31. The maximum atomic E-state index is 12.1. The van der Waals surface area contributed by atoms with E-state index in [-0.39, 0.29) is 11.3 Å². The molecule has 0 saturated heterocycles. The molecule has 0 aliphatic heterocycles. The fourth-order valence-corrected chi connectivity index (χ4v) is 3.20. The van der Waals surface area contributed by atoms with Crippen LogP contribution in [0.3, 0.4) is 0 Å². The topological polar surface area (TPSA) is 71.8 Å². The monoisotopic (exact) mass is 353 g/mol. The van der Waals surface area contributed by atoms with E-state index in [0.29, 0.717) is 0 Å². The molecule has 0 fully saturated rings. The number of hydrogen-bond donors (Lipinski definition) is 2. The first-order valence-electron chi connectivity index (χ1n) is 7.85. The van der Waals surface area contributed by atoms with Gasteiger partial charge >= 0.3 is 6.03 Å². The molecule has 1 heterocycles. The summed E-state index contributed by atoms with van der Waals surface area (Å²) >= 11 is 1.62. The van der Waals surface area contributed by atoms with Gasteiger partial charge in [-0.15, -0.1) is 10.2 Å². The zero-order valence-electron chi connectivity index (χ0n) is 14.0. The van der Waals surface area contributed by atoms with E-state index >= 15 is 0 Å². The van der Waals surface area contributed by atoms with Gasteiger partial charge in [-0.2, -0.15) is 0 Å². The van der Waals surface area contributed by atoms with Gasteiger partial charge in [0.05, 0.1) is 0 Å². The van der Waals surface area contributed by atoms with Gasteiger partial charge in [0, 0.05) is 23.7 Å². The number of amides is 2. The Hall–Kier alpha value is -2.80. The van der Waals surface area contributed by atoms with Crippen molar-refractivity contribution in [3.63, 3.8) is 0 Å². The van der Waals surface area contributed by atoms with Gasteiger partial charge < -0.3 is 15.2 Å². The summed E-state index contributed by atoms with van der Waals surface area (Å²) in [7, 11) is 1.92. The number of para-hydroxylation sites is 1. The number of anilines is 2. The Morgan fingerprint density at radius 2 is 1.80 bits per heavy atom. The highest BCUT2D eigenvalue weighted by Crippen LogP contribution is 2.34. The second-order valence-electron chi connectivity index (χ2n) is 5.56. The van der Waals surface area contributed by atoms with Crippen LogP contribution in [0.4, 0.5) is 16.2 Å². The smallest absolute Gasteiger partial charge is 0.312 e. The normalized spacial score (nSPS) is 11.8. The minimum atomic E-state index is -0.267. The van der Waals surface area contributed by atoms with E-state index in [1.54, 1.807) is 18.1 Å². The van der Waals surface area contributed by atoms with Crippen LogP contribution in [-0.2, 0) is 7.05 Å². The lowest BCUT2D eigenvalue weighted by Gasteiger charge is -2.13. The Kier molecular flexibility index (Phi) is 5.35. The van der Waals surface area contributed by atoms with E-state index in [4.69, 9.17) is 0 Å². The van der Waals surface area contributed by atoms with Crippen molar-refractivity contribution in [2.24, 2.45) is 7.05 Å². The first kappa shape index (κ1) is 17.0. The molecule has 0 radical (unpaired) electrons. The van der Waals surface area contributed by atoms with E-state index < -0.39 is 0 Å². The van der Waals surface area contributed by atoms with Crippen LogP contribution in [0.1, 0.15) is 17.7 Å². The highest BCUT2D eigenvalue weighted by molar-refractivity contribution is 7.99. The van der Waals surface area contributed by atoms with Crippen molar-refractivity contribution in [2.45, 2.75) is 17.3 Å². The number of thioether (sulfide) groups is 1. The first-order chi connectivity index (χ1) is 12.1. The van der Waals surface area contributed by atoms with Gasteiger partial charge in [0.25, 0.3) is 0 Å². The SMILES string of the molecule is CC(Sc1nncn1C)c1cccc(NC(=O)Nc2ccccc2)c1. The summed E-state index contributed by atoms with van der Waals surface area (Å²) in [5.41, 5.74) is 2.60. The Balaban J connectivity index is 1.64. The molecule has 0 aliphatic rings. The highest BCUT2D eigenvalue weighted by atomic mass is 32.2. The molecule has 0 aliphatic carbocycles. The standard InChI is InChI=1S/C18H19N5OS/c1-13(25-18-22-19-12-23(18)2)14-7-6-10-16(11-14)21-17(24)20-15-8-4-3-5-9-15/h3-13H,1-2H3,(H2,20,21,24). The van der Waals surface area contributed by atoms with Crippen LogP contribution in [0.5, 0.6) is 0 Å². The molecule has 7 heteroatoms. The number of urea groups is 1. The second-order valence-corrected chi connectivity index (χ2v) is 6.86. The van der Waals surface area contributed by atoms with Crippen molar-refractivity contribution in [2.75, 3.05) is 10.6 Å². The van der Waals surface area contributed by atoms with Crippen molar-refractivity contribution in [3.05, 3.63) is 66.5 Å². The minimum Gasteiger partial charge on any atom is -0.312 e. The van der Waals surface area contributed by atoms with Gasteiger partial charge in [0.2, 0.25) is 0 Å². The zero-order valence-corrected chi connectivity index (χ0v) is 14.8. The van der Waals surface area contributed by atoms with Crippen molar-refractivity contribution < 1.29 is 4.79 Å². The number of aromatic nitrogens is 3. The maximum absolute atomic E-state index is 12.1. The number of hydrogen-bond acceptors (Lipinski definition) is 4. The number of rotatable bonds is 5. The molecule has 2 N–H and O–H groups in total. The third-order valence-corrected chi connectivity index (χ3v) is 4.80. The Morgan fingerprint density at radius 1 is 1.08 bits per heavy atom. The lowest BCUT2D eigenvalue weighted by molar-refractivity contribution is 0.262. The number of carbonyl (C=O) groups is 1. The summed E-state index contributed by atoms with van der Waals surface area (Å²) in [6, 6.07) is 16.9. The number of benzene rings is 2. The summed E-state index contributed by atoms with van der Waals surface area (Å²) < 4.78 is 1.89. The van der Waals surface area contributed by atoms with E-state index in [1.165, 1.54) is 0 Å². The van der Waals surface area contributed by atoms with Gasteiger partial charge in [-0.1, -0.05) is 42.1 Å². The van der Waals surface area contributed by atoms with Crippen molar-refractivity contribution in [1.29, 1.82) is 0 Å². The molecule has 0 spiro atoms. The Bertz CT molecular complexity index is 849. The summed E-state index contributed by atoms with van der Waals surface area (Å²) in [6.45, 7) is 2.10. The molecule has 3 rings (SSSR count). The zero-order chi connectivity index (χ0) is 17.6. The molecule has 1 unspecified atom stereocenters. The van der Waals surface area contributed by atoms with E-state index in [1.807, 2.05) is 66.2 Å². The van der Waals surface area contributed by atoms with Gasteiger partial charge in [-0.25, -0.2) is 4.79 Å². The first-order valence-corrected chi connectivity index (χ1v) is 8.73. The highest BCUT2D eigenvalue weighted by Gasteiger charge is 2.12. The average molecular weight is 353 g/mol. The Morgan fingerprint density at radius 3 is 2.52 bits per heavy atom. The number of nitrogens with zero attached hydrogens (tertiary/aromatic N) is 3. The van der Waals surface area contributed by atoms with Gasteiger partial charge in [-0.3, -0.25) is 0 Å². The van der Waals surface area contributed by atoms with Crippen LogP contribution < -0.4 is 10.6 Å². The summed E-state index contributed by atoms with van der Waals surface area (Å²) in [5.74, 6) is 0. The largest absolute Gasteiger partial charge is 0.323 e. The predicted molar refractivity (Wildman–Crippen MR) is 101 cm³/mol. The second kappa shape index (κ2) is 7.85. The molecule has 1 aromatic heterocycles. The van der Waals surface area contributed by atoms with Crippen molar-refractivity contribution in [3.8, 4) is 0 Å². The number of aryl methyl sites for hydroxylation is 1. The van der Waals surface area contributed by atoms with Crippen LogP contribution in [0.15, 0.2) is 66.1 Å². The minimum absolute atomic E-state index is 0.182. The molecular formula is C18H19N5OS. The fraction of sp³-hybridized carbons (Fsp3) is 0.167. The van der Waals surface area contributed by atoms with Crippen LogP contribution in [0, 0.1) is 0 Å². The third kappa shape index (κ3) is 4.60. The molecule has 25 heavy (non-hydrogen) atoms. The molecule has 128 valence electrons. The quantitative estimate of drug-likeness (QED) is 0.670. The summed E-state index contributed by atoms with van der Waals surface area (Å²) in [4.78, 5) is 12.1. The van der Waals surface area contributed by atoms with E-state index in [9.17, 15) is 4.79 Å². The van der Waals surface area contributed by atoms with Gasteiger partial charge in [-0.05, 0) is 36.8 Å². The average Bonchev–Trinajstić information content (AvgIpc) is 3.00. The van der Waals surface area contributed by atoms with Crippen LogP contribution in [0.2, 0.25) is 0 Å². The van der Waals surface area contributed by atoms with Gasteiger partial charge in [0.1, 0.15) is 6.33 Å². The fourth-order valence-electron chi connectivity index (χ4n) is 2.29. The number of nitrogens with one attached hydrogen (secondary N) is 2. The summed E-state index contributed by atoms with van der Waals surface area (Å²) in [5, 5.41) is 14.7. The Labute approximate surface area is 150 Å². The van der Waals surface area contributed by atoms with Gasteiger partial charge in [0.15, 0.2) is 5.16 Å². The molecule has 2 aromatic carbocycles. The molecule has 2 amide bonds. The maximum Gasteiger partial charge on any atom is 0.323 e. The van der Waals surface area contributed by atoms with Crippen LogP contribution >= 0.6 is 11.8 Å². The lowest BCUT2D eigenvalue weighted by atomic mass is 10.1. The van der Waals surface area contributed by atoms with E-state index in [0.717, 1.165) is 22.1 Å². The van der Waals surface area contributed by atoms with Crippen molar-refractivity contribution >= 4 is 29.2 Å². The molecule has 1 atom stereocenters. The van der Waals surface area contributed by atoms with Crippen molar-refractivity contribution in [1.82, 2.24) is 14.8 Å².